The standard InChI is InChI=1S/C13H23N3O/c1-3-16-12(7-9-15-16)13(2,17)10-11-6-4-5-8-14-11/h7,9,11,14,17H,3-6,8,10H2,1-2H3. The van der Waals surface area contributed by atoms with E-state index in [0.29, 0.717) is 6.04 Å². The Morgan fingerprint density at radius 1 is 1.59 bits per heavy atom. The van der Waals surface area contributed by atoms with Gasteiger partial charge in [-0.05, 0) is 45.7 Å². The predicted octanol–water partition coefficient (Wildman–Crippen LogP) is 1.64. The zero-order chi connectivity index (χ0) is 12.3. The van der Waals surface area contributed by atoms with E-state index in [0.717, 1.165) is 31.6 Å². The minimum absolute atomic E-state index is 0.430. The van der Waals surface area contributed by atoms with Crippen LogP contribution in [0.1, 0.15) is 45.2 Å². The molecule has 4 nitrogen and oxygen atoms in total. The minimum atomic E-state index is -0.790. The van der Waals surface area contributed by atoms with Gasteiger partial charge in [-0.3, -0.25) is 4.68 Å². The molecule has 0 radical (unpaired) electrons. The molecule has 1 aliphatic heterocycles. The zero-order valence-electron chi connectivity index (χ0n) is 10.8. The SMILES string of the molecule is CCn1nccc1C(C)(O)CC1CCCCN1. The fourth-order valence-electron chi connectivity index (χ4n) is 2.72. The number of piperidine rings is 1. The van der Waals surface area contributed by atoms with Gasteiger partial charge >= 0.3 is 0 Å². The van der Waals surface area contributed by atoms with Gasteiger partial charge in [-0.2, -0.15) is 5.10 Å². The van der Waals surface area contributed by atoms with Gasteiger partial charge in [-0.15, -0.1) is 0 Å². The molecule has 1 saturated heterocycles. The summed E-state index contributed by atoms with van der Waals surface area (Å²) in [7, 11) is 0. The van der Waals surface area contributed by atoms with Crippen LogP contribution in [-0.4, -0.2) is 27.5 Å². The molecule has 0 saturated carbocycles. The van der Waals surface area contributed by atoms with Crippen molar-refractivity contribution in [2.24, 2.45) is 0 Å². The minimum Gasteiger partial charge on any atom is -0.384 e. The highest BCUT2D eigenvalue weighted by Crippen LogP contribution is 2.28. The van der Waals surface area contributed by atoms with Crippen LogP contribution in [0.2, 0.25) is 0 Å². The quantitative estimate of drug-likeness (QED) is 0.837. The Morgan fingerprint density at radius 3 is 3.06 bits per heavy atom. The van der Waals surface area contributed by atoms with E-state index >= 15 is 0 Å². The molecule has 2 N–H and O–H groups in total. The Labute approximate surface area is 103 Å². The smallest absolute Gasteiger partial charge is 0.105 e. The van der Waals surface area contributed by atoms with E-state index in [2.05, 4.69) is 10.4 Å². The van der Waals surface area contributed by atoms with E-state index < -0.39 is 5.60 Å². The van der Waals surface area contributed by atoms with Crippen molar-refractivity contribution in [2.45, 2.75) is 57.7 Å². The van der Waals surface area contributed by atoms with E-state index in [1.54, 1.807) is 6.20 Å². The summed E-state index contributed by atoms with van der Waals surface area (Å²) in [6.45, 7) is 5.82. The molecule has 96 valence electrons. The van der Waals surface area contributed by atoms with Crippen molar-refractivity contribution in [1.82, 2.24) is 15.1 Å². The number of aryl methyl sites for hydroxylation is 1. The molecular weight excluding hydrogens is 214 g/mol. The Bertz CT molecular complexity index is 353. The van der Waals surface area contributed by atoms with Crippen molar-refractivity contribution in [3.63, 3.8) is 0 Å². The Balaban J connectivity index is 2.06. The van der Waals surface area contributed by atoms with Gasteiger partial charge in [0.2, 0.25) is 0 Å². The number of hydrogen-bond acceptors (Lipinski definition) is 3. The fourth-order valence-corrected chi connectivity index (χ4v) is 2.72. The first kappa shape index (κ1) is 12.6. The number of rotatable bonds is 4. The lowest BCUT2D eigenvalue weighted by atomic mass is 9.89. The molecular formula is C13H23N3O. The fraction of sp³-hybridized carbons (Fsp3) is 0.769. The van der Waals surface area contributed by atoms with E-state index in [4.69, 9.17) is 0 Å². The van der Waals surface area contributed by atoms with Crippen molar-refractivity contribution in [3.8, 4) is 0 Å². The second-order valence-electron chi connectivity index (χ2n) is 5.16. The topological polar surface area (TPSA) is 50.1 Å². The third-order valence-electron chi connectivity index (χ3n) is 3.62. The molecule has 2 unspecified atom stereocenters. The van der Waals surface area contributed by atoms with Crippen molar-refractivity contribution in [3.05, 3.63) is 18.0 Å². The van der Waals surface area contributed by atoms with Crippen molar-refractivity contribution in [2.75, 3.05) is 6.54 Å². The second-order valence-corrected chi connectivity index (χ2v) is 5.16. The van der Waals surface area contributed by atoms with E-state index in [1.807, 2.05) is 24.6 Å². The Kier molecular flexibility index (Phi) is 3.84. The van der Waals surface area contributed by atoms with Crippen LogP contribution in [0.4, 0.5) is 0 Å². The lowest BCUT2D eigenvalue weighted by molar-refractivity contribution is 0.0246. The molecule has 1 aromatic rings. The average Bonchev–Trinajstić information content (AvgIpc) is 2.78. The molecule has 0 amide bonds. The number of aromatic nitrogens is 2. The first-order chi connectivity index (χ1) is 8.13. The molecule has 2 atom stereocenters. The van der Waals surface area contributed by atoms with E-state index in [9.17, 15) is 5.11 Å². The lowest BCUT2D eigenvalue weighted by Crippen LogP contribution is -2.40. The van der Waals surface area contributed by atoms with Gasteiger partial charge in [0.1, 0.15) is 5.60 Å². The van der Waals surface area contributed by atoms with Crippen LogP contribution < -0.4 is 5.32 Å². The second kappa shape index (κ2) is 5.19. The highest BCUT2D eigenvalue weighted by molar-refractivity contribution is 5.11. The van der Waals surface area contributed by atoms with Crippen LogP contribution >= 0.6 is 0 Å². The third-order valence-corrected chi connectivity index (χ3v) is 3.62. The number of nitrogens with zero attached hydrogens (tertiary/aromatic N) is 2. The monoisotopic (exact) mass is 237 g/mol. The van der Waals surface area contributed by atoms with Gasteiger partial charge in [-0.25, -0.2) is 0 Å². The molecule has 0 bridgehead atoms. The maximum Gasteiger partial charge on any atom is 0.105 e. The summed E-state index contributed by atoms with van der Waals surface area (Å²) in [5, 5.41) is 18.4. The van der Waals surface area contributed by atoms with Gasteiger partial charge < -0.3 is 10.4 Å². The van der Waals surface area contributed by atoms with Crippen LogP contribution in [0.25, 0.3) is 0 Å². The van der Waals surface area contributed by atoms with Gasteiger partial charge in [0, 0.05) is 18.8 Å². The zero-order valence-corrected chi connectivity index (χ0v) is 10.8. The summed E-state index contributed by atoms with van der Waals surface area (Å²) >= 11 is 0. The summed E-state index contributed by atoms with van der Waals surface area (Å²) in [6.07, 6.45) is 6.21. The molecule has 1 aromatic heterocycles. The summed E-state index contributed by atoms with van der Waals surface area (Å²) in [5.41, 5.74) is 0.133. The summed E-state index contributed by atoms with van der Waals surface area (Å²) < 4.78 is 1.88. The third kappa shape index (κ3) is 2.87. The van der Waals surface area contributed by atoms with E-state index in [1.165, 1.54) is 12.8 Å². The molecule has 2 rings (SSSR count). The van der Waals surface area contributed by atoms with Crippen molar-refractivity contribution < 1.29 is 5.11 Å². The average molecular weight is 237 g/mol. The van der Waals surface area contributed by atoms with Gasteiger partial charge in [0.15, 0.2) is 0 Å². The van der Waals surface area contributed by atoms with Crippen molar-refractivity contribution in [1.29, 1.82) is 0 Å². The van der Waals surface area contributed by atoms with Crippen LogP contribution in [-0.2, 0) is 12.1 Å². The Hall–Kier alpha value is -0.870. The summed E-state index contributed by atoms with van der Waals surface area (Å²) in [4.78, 5) is 0. The van der Waals surface area contributed by atoms with Gasteiger partial charge in [0.25, 0.3) is 0 Å². The molecule has 1 fully saturated rings. The molecule has 0 aliphatic carbocycles. The molecule has 17 heavy (non-hydrogen) atoms. The van der Waals surface area contributed by atoms with Crippen molar-refractivity contribution >= 4 is 0 Å². The van der Waals surface area contributed by atoms with Crippen LogP contribution in [0, 0.1) is 0 Å². The molecule has 1 aliphatic rings. The van der Waals surface area contributed by atoms with Gasteiger partial charge in [0.05, 0.1) is 5.69 Å². The van der Waals surface area contributed by atoms with Crippen LogP contribution in [0.3, 0.4) is 0 Å². The number of hydrogen-bond donors (Lipinski definition) is 2. The first-order valence-corrected chi connectivity index (χ1v) is 6.61. The maximum atomic E-state index is 10.6. The van der Waals surface area contributed by atoms with E-state index in [-0.39, 0.29) is 0 Å². The highest BCUT2D eigenvalue weighted by Gasteiger charge is 2.30. The first-order valence-electron chi connectivity index (χ1n) is 6.61. The highest BCUT2D eigenvalue weighted by atomic mass is 16.3. The molecule has 0 spiro atoms. The predicted molar refractivity (Wildman–Crippen MR) is 67.7 cm³/mol. The molecule has 4 heteroatoms. The number of nitrogens with one attached hydrogen (secondary N) is 1. The maximum absolute atomic E-state index is 10.6. The largest absolute Gasteiger partial charge is 0.384 e. The lowest BCUT2D eigenvalue weighted by Gasteiger charge is -2.31. The Morgan fingerprint density at radius 2 is 2.41 bits per heavy atom. The molecule has 0 aromatic carbocycles. The van der Waals surface area contributed by atoms with Gasteiger partial charge in [-0.1, -0.05) is 6.42 Å². The normalized spacial score (nSPS) is 24.5. The number of aliphatic hydroxyl groups is 1. The van der Waals surface area contributed by atoms with Crippen LogP contribution in [0.15, 0.2) is 12.3 Å². The summed E-state index contributed by atoms with van der Waals surface area (Å²) in [6, 6.07) is 2.35. The molecule has 2 heterocycles. The summed E-state index contributed by atoms with van der Waals surface area (Å²) in [5.74, 6) is 0. The van der Waals surface area contributed by atoms with Crippen LogP contribution in [0.5, 0.6) is 0 Å².